The maximum absolute atomic E-state index is 12.3. The third-order valence-corrected chi connectivity index (χ3v) is 6.13. The molecule has 3 heterocycles. The minimum absolute atomic E-state index is 0.189. The first kappa shape index (κ1) is 23.6. The number of hydrogen-bond acceptors (Lipinski definition) is 6. The molecule has 1 saturated heterocycles. The van der Waals surface area contributed by atoms with Gasteiger partial charge in [0.05, 0.1) is 7.11 Å². The van der Waals surface area contributed by atoms with Gasteiger partial charge in [0.25, 0.3) is 0 Å². The molecule has 0 spiro atoms. The fraction of sp³-hybridized carbons (Fsp3) is 0.750. The predicted octanol–water partition coefficient (Wildman–Crippen LogP) is 4.10. The highest BCUT2D eigenvalue weighted by molar-refractivity contribution is 5.68. The second-order valence-electron chi connectivity index (χ2n) is 9.83. The third-order valence-electron chi connectivity index (χ3n) is 6.13. The Labute approximate surface area is 187 Å². The molecule has 2 aliphatic heterocycles. The largest absolute Gasteiger partial charge is 0.496 e. The monoisotopic (exact) mass is 432 g/mol. The van der Waals surface area contributed by atoms with Gasteiger partial charge in [0, 0.05) is 43.0 Å². The minimum atomic E-state index is -0.436. The van der Waals surface area contributed by atoms with Crippen molar-refractivity contribution in [2.75, 3.05) is 45.7 Å². The number of fused-ring (bicyclic) bond motifs is 1. The van der Waals surface area contributed by atoms with Crippen LogP contribution in [0.1, 0.15) is 64.1 Å². The Balaban J connectivity index is 1.37. The number of unbranched alkanes of at least 4 members (excludes halogenated alkanes) is 2. The number of pyridine rings is 1. The van der Waals surface area contributed by atoms with Crippen LogP contribution in [0.15, 0.2) is 6.07 Å². The van der Waals surface area contributed by atoms with Crippen LogP contribution >= 0.6 is 0 Å². The van der Waals surface area contributed by atoms with E-state index in [4.69, 9.17) is 14.5 Å². The van der Waals surface area contributed by atoms with Crippen molar-refractivity contribution >= 4 is 11.9 Å². The molecule has 1 N–H and O–H groups in total. The Kier molecular flexibility index (Phi) is 8.03. The van der Waals surface area contributed by atoms with Crippen LogP contribution in [-0.4, -0.2) is 72.9 Å². The van der Waals surface area contributed by atoms with Crippen LogP contribution in [0.4, 0.5) is 10.6 Å². The van der Waals surface area contributed by atoms with Crippen LogP contribution in [0.5, 0.6) is 5.75 Å². The van der Waals surface area contributed by atoms with Gasteiger partial charge in [-0.1, -0.05) is 6.42 Å². The molecule has 1 fully saturated rings. The summed E-state index contributed by atoms with van der Waals surface area (Å²) in [5.41, 5.74) is 1.90. The van der Waals surface area contributed by atoms with Crippen LogP contribution in [-0.2, 0) is 17.6 Å². The molecular weight excluding hydrogens is 392 g/mol. The Morgan fingerprint density at radius 1 is 1.32 bits per heavy atom. The van der Waals surface area contributed by atoms with E-state index in [2.05, 4.69) is 23.3 Å². The quantitative estimate of drug-likeness (QED) is 0.624. The summed E-state index contributed by atoms with van der Waals surface area (Å²) in [6, 6.07) is 2.53. The zero-order valence-corrected chi connectivity index (χ0v) is 20.0. The van der Waals surface area contributed by atoms with E-state index in [1.165, 1.54) is 12.0 Å². The number of hydrogen-bond donors (Lipinski definition) is 1. The van der Waals surface area contributed by atoms with Crippen molar-refractivity contribution in [3.8, 4) is 5.75 Å². The van der Waals surface area contributed by atoms with E-state index < -0.39 is 5.60 Å². The van der Waals surface area contributed by atoms with Crippen molar-refractivity contribution in [2.45, 2.75) is 77.4 Å². The van der Waals surface area contributed by atoms with Crippen molar-refractivity contribution in [1.82, 2.24) is 14.8 Å². The van der Waals surface area contributed by atoms with Crippen LogP contribution in [0.25, 0.3) is 0 Å². The van der Waals surface area contributed by atoms with Gasteiger partial charge in [-0.15, -0.1) is 0 Å². The molecule has 1 atom stereocenters. The Morgan fingerprint density at radius 2 is 2.13 bits per heavy atom. The molecule has 0 radical (unpaired) electrons. The predicted molar refractivity (Wildman–Crippen MR) is 124 cm³/mol. The van der Waals surface area contributed by atoms with Gasteiger partial charge in [-0.2, -0.15) is 0 Å². The molecule has 3 rings (SSSR count). The molecule has 0 aliphatic carbocycles. The van der Waals surface area contributed by atoms with E-state index >= 15 is 0 Å². The molecule has 0 saturated carbocycles. The van der Waals surface area contributed by atoms with E-state index in [9.17, 15) is 4.79 Å². The molecule has 7 nitrogen and oxygen atoms in total. The number of likely N-dealkylation sites (N-methyl/N-ethyl adjacent to an activating group) is 1. The van der Waals surface area contributed by atoms with Crippen LogP contribution in [0.3, 0.4) is 0 Å². The van der Waals surface area contributed by atoms with Crippen LogP contribution in [0.2, 0.25) is 0 Å². The summed E-state index contributed by atoms with van der Waals surface area (Å²) in [6.07, 6.45) is 7.42. The number of amides is 1. The summed E-state index contributed by atoms with van der Waals surface area (Å²) in [6.45, 7) is 9.33. The molecular formula is C24H40N4O3. The molecule has 1 amide bonds. The maximum atomic E-state index is 12.3. The highest BCUT2D eigenvalue weighted by Gasteiger charge is 2.31. The smallest absolute Gasteiger partial charge is 0.410 e. The molecule has 0 unspecified atom stereocenters. The van der Waals surface area contributed by atoms with Gasteiger partial charge < -0.3 is 24.6 Å². The molecule has 1 aromatic rings. The number of likely N-dealkylation sites (tertiary alicyclic amines) is 1. The molecule has 0 bridgehead atoms. The number of nitrogens with zero attached hydrogens (tertiary/aromatic N) is 3. The van der Waals surface area contributed by atoms with Gasteiger partial charge in [0.15, 0.2) is 0 Å². The normalized spacial score (nSPS) is 18.6. The fourth-order valence-electron chi connectivity index (χ4n) is 4.39. The number of carbonyl (C=O) groups excluding carboxylic acids is 1. The molecule has 174 valence electrons. The number of carbonyl (C=O) groups is 1. The lowest BCUT2D eigenvalue weighted by Gasteiger charge is -2.26. The average molecular weight is 433 g/mol. The van der Waals surface area contributed by atoms with Gasteiger partial charge in [-0.25, -0.2) is 9.78 Å². The van der Waals surface area contributed by atoms with Crippen molar-refractivity contribution < 1.29 is 14.3 Å². The standard InChI is InChI=1S/C24H40N4O3/c1-24(2,3)31-23(29)28-15-12-19(17-28)27(4)14-8-6-7-10-18-16-21(30-5)20-11-9-13-25-22(20)26-18/h16,19H,6-15,17H2,1-5H3,(H,25,26)/t19-/m1/s1. The SMILES string of the molecule is COc1cc(CCCCCN(C)[C@@H]2CCN(C(=O)OC(C)(C)C)C2)nc2c1CCCN2. The first-order valence-electron chi connectivity index (χ1n) is 11.8. The van der Waals surface area contributed by atoms with E-state index in [0.717, 1.165) is 82.0 Å². The van der Waals surface area contributed by atoms with Crippen LogP contribution in [0, 0.1) is 0 Å². The summed E-state index contributed by atoms with van der Waals surface area (Å²) < 4.78 is 11.1. The lowest BCUT2D eigenvalue weighted by atomic mass is 10.0. The first-order valence-corrected chi connectivity index (χ1v) is 11.8. The maximum Gasteiger partial charge on any atom is 0.410 e. The highest BCUT2D eigenvalue weighted by Crippen LogP contribution is 2.30. The molecule has 31 heavy (non-hydrogen) atoms. The Morgan fingerprint density at radius 3 is 2.87 bits per heavy atom. The number of methoxy groups -OCH3 is 1. The van der Waals surface area contributed by atoms with Crippen molar-refractivity contribution in [3.05, 3.63) is 17.3 Å². The van der Waals surface area contributed by atoms with Crippen LogP contribution < -0.4 is 10.1 Å². The Bertz CT molecular complexity index is 730. The van der Waals surface area contributed by atoms with Crippen molar-refractivity contribution in [2.24, 2.45) is 0 Å². The summed E-state index contributed by atoms with van der Waals surface area (Å²) in [5, 5.41) is 3.41. The van der Waals surface area contributed by atoms with Crippen molar-refractivity contribution in [3.63, 3.8) is 0 Å². The topological polar surface area (TPSA) is 66.9 Å². The van der Waals surface area contributed by atoms with Crippen molar-refractivity contribution in [1.29, 1.82) is 0 Å². The lowest BCUT2D eigenvalue weighted by molar-refractivity contribution is 0.0282. The fourth-order valence-corrected chi connectivity index (χ4v) is 4.39. The van der Waals surface area contributed by atoms with Gasteiger partial charge in [0.2, 0.25) is 0 Å². The number of aryl methyl sites for hydroxylation is 1. The number of rotatable bonds is 8. The van der Waals surface area contributed by atoms with E-state index in [0.29, 0.717) is 6.04 Å². The molecule has 2 aliphatic rings. The summed E-state index contributed by atoms with van der Waals surface area (Å²) in [5.74, 6) is 1.99. The van der Waals surface area contributed by atoms with Gasteiger partial charge in [-0.3, -0.25) is 0 Å². The minimum Gasteiger partial charge on any atom is -0.496 e. The highest BCUT2D eigenvalue weighted by atomic mass is 16.6. The zero-order chi connectivity index (χ0) is 22.4. The van der Waals surface area contributed by atoms with Gasteiger partial charge >= 0.3 is 6.09 Å². The number of aromatic nitrogens is 1. The van der Waals surface area contributed by atoms with E-state index in [1.54, 1.807) is 7.11 Å². The summed E-state index contributed by atoms with van der Waals surface area (Å²) in [7, 11) is 3.92. The van der Waals surface area contributed by atoms with Gasteiger partial charge in [0.1, 0.15) is 17.2 Å². The second kappa shape index (κ2) is 10.5. The molecule has 7 heteroatoms. The number of ether oxygens (including phenoxy) is 2. The van der Waals surface area contributed by atoms with E-state index in [1.807, 2.05) is 25.7 Å². The second-order valence-corrected chi connectivity index (χ2v) is 9.83. The Hall–Kier alpha value is -2.02. The summed E-state index contributed by atoms with van der Waals surface area (Å²) >= 11 is 0. The number of nitrogens with one attached hydrogen (secondary N) is 1. The average Bonchev–Trinajstić information content (AvgIpc) is 3.22. The molecule has 1 aromatic heterocycles. The molecule has 0 aromatic carbocycles. The summed E-state index contributed by atoms with van der Waals surface area (Å²) in [4.78, 5) is 21.3. The first-order chi connectivity index (χ1) is 14.8. The van der Waals surface area contributed by atoms with E-state index in [-0.39, 0.29) is 6.09 Å². The third kappa shape index (κ3) is 6.73. The zero-order valence-electron chi connectivity index (χ0n) is 20.0. The lowest BCUT2D eigenvalue weighted by Crippen LogP contribution is -2.39. The van der Waals surface area contributed by atoms with Gasteiger partial charge in [-0.05, 0) is 72.9 Å². The number of anilines is 1.